The molecule has 1 saturated heterocycles. The van der Waals surface area contributed by atoms with Crippen molar-refractivity contribution in [2.45, 2.75) is 52.5 Å². The number of carbonyl (C=O) groups is 2. The molecule has 6 nitrogen and oxygen atoms in total. The van der Waals surface area contributed by atoms with Gasteiger partial charge in [-0.1, -0.05) is 13.8 Å². The number of carboxylic acids is 1. The van der Waals surface area contributed by atoms with E-state index in [4.69, 9.17) is 5.11 Å². The Kier molecular flexibility index (Phi) is 5.21. The van der Waals surface area contributed by atoms with Crippen molar-refractivity contribution in [3.8, 4) is 0 Å². The number of hydrogen-bond acceptors (Lipinski definition) is 3. The van der Waals surface area contributed by atoms with E-state index in [9.17, 15) is 9.59 Å². The van der Waals surface area contributed by atoms with Gasteiger partial charge in [-0.05, 0) is 38.7 Å². The van der Waals surface area contributed by atoms with Crippen molar-refractivity contribution in [2.75, 3.05) is 13.1 Å². The molecule has 1 amide bonds. The number of carbonyl (C=O) groups excluding carboxylic acids is 1. The van der Waals surface area contributed by atoms with Gasteiger partial charge in [0, 0.05) is 13.1 Å². The van der Waals surface area contributed by atoms with Crippen LogP contribution in [0.4, 0.5) is 0 Å². The second-order valence-corrected chi connectivity index (χ2v) is 5.99. The van der Waals surface area contributed by atoms with E-state index in [-0.39, 0.29) is 17.9 Å². The smallest absolute Gasteiger partial charge is 0.306 e. The number of carboxylic acid groups (broad SMARTS) is 1. The van der Waals surface area contributed by atoms with E-state index in [1.54, 1.807) is 4.90 Å². The van der Waals surface area contributed by atoms with E-state index in [0.29, 0.717) is 31.6 Å². The van der Waals surface area contributed by atoms with Crippen molar-refractivity contribution < 1.29 is 14.7 Å². The second-order valence-electron chi connectivity index (χ2n) is 5.99. The minimum atomic E-state index is -0.759. The van der Waals surface area contributed by atoms with Crippen LogP contribution in [0.3, 0.4) is 0 Å². The van der Waals surface area contributed by atoms with Crippen LogP contribution >= 0.6 is 0 Å². The number of nitrogens with zero attached hydrogens (tertiary/aromatic N) is 3. The summed E-state index contributed by atoms with van der Waals surface area (Å²) in [6.07, 6.45) is 2.91. The van der Waals surface area contributed by atoms with Crippen LogP contribution < -0.4 is 0 Å². The number of aryl methyl sites for hydroxylation is 1. The van der Waals surface area contributed by atoms with Gasteiger partial charge in [-0.3, -0.25) is 14.3 Å². The predicted octanol–water partition coefficient (Wildman–Crippen LogP) is 2.49. The third-order valence-corrected chi connectivity index (χ3v) is 4.50. The molecule has 1 aliphatic heterocycles. The van der Waals surface area contributed by atoms with E-state index < -0.39 is 5.97 Å². The molecular weight excluding hydrogens is 282 g/mol. The van der Waals surface area contributed by atoms with E-state index in [1.807, 2.05) is 17.7 Å². The highest BCUT2D eigenvalue weighted by atomic mass is 16.4. The molecule has 2 rings (SSSR count). The molecule has 1 N–H and O–H groups in total. The van der Waals surface area contributed by atoms with Crippen LogP contribution in [0.15, 0.2) is 6.07 Å². The van der Waals surface area contributed by atoms with Gasteiger partial charge in [0.1, 0.15) is 5.69 Å². The maximum atomic E-state index is 12.8. The van der Waals surface area contributed by atoms with E-state index in [1.165, 1.54) is 0 Å². The molecule has 1 aromatic heterocycles. The van der Waals surface area contributed by atoms with Crippen molar-refractivity contribution in [2.24, 2.45) is 5.92 Å². The summed E-state index contributed by atoms with van der Waals surface area (Å²) < 4.78 is 1.85. The Balaban J connectivity index is 2.15. The molecule has 122 valence electrons. The molecule has 0 saturated carbocycles. The highest BCUT2D eigenvalue weighted by Gasteiger charge is 2.29. The van der Waals surface area contributed by atoms with E-state index in [2.05, 4.69) is 18.9 Å². The molecule has 2 heterocycles. The van der Waals surface area contributed by atoms with Crippen LogP contribution in [-0.4, -0.2) is 44.8 Å². The maximum Gasteiger partial charge on any atom is 0.306 e. The van der Waals surface area contributed by atoms with E-state index >= 15 is 0 Å². The van der Waals surface area contributed by atoms with Gasteiger partial charge in [-0.25, -0.2) is 0 Å². The molecule has 0 atom stereocenters. The number of hydrogen-bond donors (Lipinski definition) is 1. The van der Waals surface area contributed by atoms with Gasteiger partial charge >= 0.3 is 5.97 Å². The SMILES string of the molecule is CCC(CC)n1nc(C)cc1C(=O)N1CCC(C(=O)O)CC1. The fourth-order valence-electron chi connectivity index (χ4n) is 3.08. The third-order valence-electron chi connectivity index (χ3n) is 4.50. The quantitative estimate of drug-likeness (QED) is 0.907. The summed E-state index contributed by atoms with van der Waals surface area (Å²) in [5.74, 6) is -1.11. The van der Waals surface area contributed by atoms with Crippen LogP contribution in [0.1, 0.15) is 61.8 Å². The van der Waals surface area contributed by atoms with Gasteiger partial charge in [-0.15, -0.1) is 0 Å². The van der Waals surface area contributed by atoms with Crippen molar-refractivity contribution >= 4 is 11.9 Å². The molecule has 1 aromatic rings. The van der Waals surface area contributed by atoms with Crippen molar-refractivity contribution in [3.05, 3.63) is 17.5 Å². The summed E-state index contributed by atoms with van der Waals surface area (Å²) in [4.78, 5) is 25.5. The fourth-order valence-corrected chi connectivity index (χ4v) is 3.08. The average Bonchev–Trinajstić information content (AvgIpc) is 2.89. The lowest BCUT2D eigenvalue weighted by molar-refractivity contribution is -0.143. The number of piperidine rings is 1. The van der Waals surface area contributed by atoms with Crippen LogP contribution in [0.2, 0.25) is 0 Å². The Bertz CT molecular complexity index is 541. The topological polar surface area (TPSA) is 75.4 Å². The maximum absolute atomic E-state index is 12.8. The zero-order chi connectivity index (χ0) is 16.3. The normalized spacial score (nSPS) is 16.3. The number of likely N-dealkylation sites (tertiary alicyclic amines) is 1. The fraction of sp³-hybridized carbons (Fsp3) is 0.688. The van der Waals surface area contributed by atoms with Gasteiger partial charge in [0.15, 0.2) is 0 Å². The Labute approximate surface area is 131 Å². The molecule has 0 bridgehead atoms. The standard InChI is InChI=1S/C16H25N3O3/c1-4-13(5-2)19-14(10-11(3)17-19)15(20)18-8-6-12(7-9-18)16(21)22/h10,12-13H,4-9H2,1-3H3,(H,21,22). The first-order chi connectivity index (χ1) is 10.5. The second kappa shape index (κ2) is 6.94. The zero-order valence-electron chi connectivity index (χ0n) is 13.6. The van der Waals surface area contributed by atoms with Gasteiger partial charge < -0.3 is 10.0 Å². The first kappa shape index (κ1) is 16.5. The van der Waals surface area contributed by atoms with Gasteiger partial charge in [0.2, 0.25) is 0 Å². The Hall–Kier alpha value is -1.85. The van der Waals surface area contributed by atoms with Gasteiger partial charge in [0.05, 0.1) is 17.7 Å². The highest BCUT2D eigenvalue weighted by molar-refractivity contribution is 5.93. The van der Waals surface area contributed by atoms with Crippen molar-refractivity contribution in [1.29, 1.82) is 0 Å². The summed E-state index contributed by atoms with van der Waals surface area (Å²) in [6.45, 7) is 7.09. The number of rotatable bonds is 5. The van der Waals surface area contributed by atoms with Crippen LogP contribution in [0.5, 0.6) is 0 Å². The Morgan fingerprint density at radius 3 is 2.41 bits per heavy atom. The molecule has 1 fully saturated rings. The van der Waals surface area contributed by atoms with Gasteiger partial charge in [-0.2, -0.15) is 5.10 Å². The lowest BCUT2D eigenvalue weighted by Crippen LogP contribution is -2.41. The van der Waals surface area contributed by atoms with Crippen LogP contribution in [-0.2, 0) is 4.79 Å². The predicted molar refractivity (Wildman–Crippen MR) is 82.8 cm³/mol. The monoisotopic (exact) mass is 307 g/mol. The molecule has 0 aliphatic carbocycles. The highest BCUT2D eigenvalue weighted by Crippen LogP contribution is 2.23. The third kappa shape index (κ3) is 3.31. The van der Waals surface area contributed by atoms with Crippen LogP contribution in [0, 0.1) is 12.8 Å². The number of amides is 1. The summed E-state index contributed by atoms with van der Waals surface area (Å²) in [5.41, 5.74) is 1.47. The summed E-state index contributed by atoms with van der Waals surface area (Å²) >= 11 is 0. The zero-order valence-corrected chi connectivity index (χ0v) is 13.6. The molecule has 0 aromatic carbocycles. The minimum Gasteiger partial charge on any atom is -0.481 e. The first-order valence-electron chi connectivity index (χ1n) is 8.06. The largest absolute Gasteiger partial charge is 0.481 e. The number of aromatic nitrogens is 2. The molecular formula is C16H25N3O3. The summed E-state index contributed by atoms with van der Waals surface area (Å²) in [6, 6.07) is 2.06. The molecule has 22 heavy (non-hydrogen) atoms. The lowest BCUT2D eigenvalue weighted by Gasteiger charge is -2.30. The Morgan fingerprint density at radius 2 is 1.91 bits per heavy atom. The average molecular weight is 307 g/mol. The van der Waals surface area contributed by atoms with Crippen LogP contribution in [0.25, 0.3) is 0 Å². The number of aliphatic carboxylic acids is 1. The van der Waals surface area contributed by atoms with E-state index in [0.717, 1.165) is 18.5 Å². The van der Waals surface area contributed by atoms with Gasteiger partial charge in [0.25, 0.3) is 5.91 Å². The van der Waals surface area contributed by atoms with Crippen molar-refractivity contribution in [1.82, 2.24) is 14.7 Å². The van der Waals surface area contributed by atoms with Crippen molar-refractivity contribution in [3.63, 3.8) is 0 Å². The molecule has 6 heteroatoms. The lowest BCUT2D eigenvalue weighted by atomic mass is 9.97. The first-order valence-corrected chi connectivity index (χ1v) is 8.06. The minimum absolute atomic E-state index is 0.0312. The molecule has 0 spiro atoms. The summed E-state index contributed by atoms with van der Waals surface area (Å²) in [7, 11) is 0. The summed E-state index contributed by atoms with van der Waals surface area (Å²) in [5, 5.41) is 13.5. The molecule has 0 radical (unpaired) electrons. The molecule has 0 unspecified atom stereocenters. The molecule has 1 aliphatic rings. The Morgan fingerprint density at radius 1 is 1.32 bits per heavy atom.